The molecule has 1 heterocycles. The number of halogens is 1. The molecule has 2 aromatic carbocycles. The van der Waals surface area contributed by atoms with Gasteiger partial charge in [-0.25, -0.2) is 0 Å². The fraction of sp³-hybridized carbons (Fsp3) is 0.278. The second-order valence-corrected chi connectivity index (χ2v) is 6.20. The van der Waals surface area contributed by atoms with E-state index in [4.69, 9.17) is 5.10 Å². The Bertz CT molecular complexity index is 744. The molecule has 0 fully saturated rings. The number of aromatic nitrogens is 2. The highest BCUT2D eigenvalue weighted by Gasteiger charge is 2.15. The molecular weight excluding hydrogens is 324 g/mol. The summed E-state index contributed by atoms with van der Waals surface area (Å²) in [5.74, 6) is 0.448. The normalized spacial score (nSPS) is 12.7. The van der Waals surface area contributed by atoms with Crippen molar-refractivity contribution in [1.29, 1.82) is 0 Å². The third kappa shape index (κ3) is 2.88. The first-order valence-electron chi connectivity index (χ1n) is 7.22. The zero-order valence-corrected chi connectivity index (χ0v) is 14.0. The summed E-state index contributed by atoms with van der Waals surface area (Å²) in [6.45, 7) is 2.12. The summed E-state index contributed by atoms with van der Waals surface area (Å²) >= 11 is 3.66. The van der Waals surface area contributed by atoms with Gasteiger partial charge >= 0.3 is 0 Å². The van der Waals surface area contributed by atoms with E-state index in [0.717, 1.165) is 11.8 Å². The molecule has 1 atom stereocenters. The number of aryl methyl sites for hydroxylation is 2. The molecular formula is C18H19BrN2. The number of alkyl halides is 1. The van der Waals surface area contributed by atoms with Crippen LogP contribution >= 0.6 is 15.9 Å². The third-order valence-electron chi connectivity index (χ3n) is 4.01. The van der Waals surface area contributed by atoms with Crippen molar-refractivity contribution in [3.63, 3.8) is 0 Å². The van der Waals surface area contributed by atoms with E-state index in [-0.39, 0.29) is 0 Å². The molecule has 0 aliphatic heterocycles. The highest BCUT2D eigenvalue weighted by atomic mass is 79.9. The molecule has 3 aromatic rings. The van der Waals surface area contributed by atoms with Crippen molar-refractivity contribution in [2.24, 2.45) is 7.05 Å². The second-order valence-electron chi connectivity index (χ2n) is 5.55. The predicted octanol–water partition coefficient (Wildman–Crippen LogP) is 4.60. The highest BCUT2D eigenvalue weighted by molar-refractivity contribution is 9.09. The lowest BCUT2D eigenvalue weighted by atomic mass is 9.94. The van der Waals surface area contributed by atoms with Crippen molar-refractivity contribution in [2.45, 2.75) is 19.3 Å². The molecule has 0 aliphatic rings. The molecule has 3 heteroatoms. The Labute approximate surface area is 133 Å². The molecule has 0 radical (unpaired) electrons. The quantitative estimate of drug-likeness (QED) is 0.633. The van der Waals surface area contributed by atoms with E-state index in [9.17, 15) is 0 Å². The second kappa shape index (κ2) is 6.02. The van der Waals surface area contributed by atoms with Crippen molar-refractivity contribution < 1.29 is 0 Å². The summed E-state index contributed by atoms with van der Waals surface area (Å²) < 4.78 is 1.98. The molecule has 2 nitrogen and oxygen atoms in total. The van der Waals surface area contributed by atoms with Crippen LogP contribution < -0.4 is 0 Å². The lowest BCUT2D eigenvalue weighted by Gasteiger charge is -2.13. The number of nitrogens with zero attached hydrogens (tertiary/aromatic N) is 2. The molecule has 21 heavy (non-hydrogen) atoms. The van der Waals surface area contributed by atoms with Crippen molar-refractivity contribution >= 4 is 26.8 Å². The summed E-state index contributed by atoms with van der Waals surface area (Å²) in [5, 5.41) is 6.92. The van der Waals surface area contributed by atoms with E-state index in [1.54, 1.807) is 0 Å². The van der Waals surface area contributed by atoms with Crippen LogP contribution in [0.15, 0.2) is 48.5 Å². The summed E-state index contributed by atoms with van der Waals surface area (Å²) in [7, 11) is 2.01. The minimum Gasteiger partial charge on any atom is -0.268 e. The summed E-state index contributed by atoms with van der Waals surface area (Å²) in [6, 6.07) is 17.3. The van der Waals surface area contributed by atoms with Gasteiger partial charge in [-0.2, -0.15) is 5.10 Å². The Balaban J connectivity index is 1.94. The van der Waals surface area contributed by atoms with Crippen molar-refractivity contribution in [1.82, 2.24) is 9.78 Å². The monoisotopic (exact) mass is 342 g/mol. The van der Waals surface area contributed by atoms with Gasteiger partial charge in [0.1, 0.15) is 0 Å². The van der Waals surface area contributed by atoms with Crippen LogP contribution in [0.25, 0.3) is 10.9 Å². The Morgan fingerprint density at radius 2 is 1.81 bits per heavy atom. The van der Waals surface area contributed by atoms with Crippen LogP contribution in [0.4, 0.5) is 0 Å². The van der Waals surface area contributed by atoms with Gasteiger partial charge in [0.2, 0.25) is 0 Å². The first-order chi connectivity index (χ1) is 10.2. The predicted molar refractivity (Wildman–Crippen MR) is 92.1 cm³/mol. The van der Waals surface area contributed by atoms with Gasteiger partial charge in [0.25, 0.3) is 0 Å². The number of hydrogen-bond acceptors (Lipinski definition) is 1. The molecule has 1 aromatic heterocycles. The van der Waals surface area contributed by atoms with E-state index >= 15 is 0 Å². The lowest BCUT2D eigenvalue weighted by Crippen LogP contribution is -2.05. The Morgan fingerprint density at radius 3 is 2.52 bits per heavy atom. The minimum absolute atomic E-state index is 0.448. The molecule has 1 unspecified atom stereocenters. The first-order valence-corrected chi connectivity index (χ1v) is 8.34. The number of para-hydroxylation sites is 1. The third-order valence-corrected chi connectivity index (χ3v) is 4.79. The lowest BCUT2D eigenvalue weighted by molar-refractivity contribution is 0.712. The molecule has 0 bridgehead atoms. The Kier molecular flexibility index (Phi) is 4.11. The molecule has 108 valence electrons. The van der Waals surface area contributed by atoms with Gasteiger partial charge in [0, 0.05) is 17.8 Å². The highest BCUT2D eigenvalue weighted by Crippen LogP contribution is 2.27. The molecule has 0 amide bonds. The average molecular weight is 343 g/mol. The van der Waals surface area contributed by atoms with Crippen molar-refractivity contribution in [3.8, 4) is 0 Å². The SMILES string of the molecule is Cc1ccc(C(CBr)Cc2nn(C)c3ccccc23)cc1. The fourth-order valence-electron chi connectivity index (χ4n) is 2.77. The molecule has 0 spiro atoms. The van der Waals surface area contributed by atoms with Gasteiger partial charge in [0.15, 0.2) is 0 Å². The van der Waals surface area contributed by atoms with Crippen LogP contribution in [0.2, 0.25) is 0 Å². The zero-order chi connectivity index (χ0) is 14.8. The molecule has 0 saturated heterocycles. The van der Waals surface area contributed by atoms with Gasteiger partial charge in [-0.1, -0.05) is 64.0 Å². The smallest absolute Gasteiger partial charge is 0.0709 e. The topological polar surface area (TPSA) is 17.8 Å². The molecule has 0 saturated carbocycles. The summed E-state index contributed by atoms with van der Waals surface area (Å²) in [4.78, 5) is 0. The van der Waals surface area contributed by atoms with E-state index < -0.39 is 0 Å². The molecule has 3 rings (SSSR count). The maximum Gasteiger partial charge on any atom is 0.0709 e. The average Bonchev–Trinajstić information content (AvgIpc) is 2.83. The number of benzene rings is 2. The van der Waals surface area contributed by atoms with Crippen LogP contribution in [0, 0.1) is 6.92 Å². The first kappa shape index (κ1) is 14.3. The van der Waals surface area contributed by atoms with Gasteiger partial charge in [-0.15, -0.1) is 0 Å². The van der Waals surface area contributed by atoms with Crippen LogP contribution in [0.5, 0.6) is 0 Å². The maximum absolute atomic E-state index is 4.72. The zero-order valence-electron chi connectivity index (χ0n) is 12.4. The van der Waals surface area contributed by atoms with Crippen molar-refractivity contribution in [3.05, 3.63) is 65.4 Å². The van der Waals surface area contributed by atoms with E-state index in [1.165, 1.54) is 27.7 Å². The Morgan fingerprint density at radius 1 is 1.10 bits per heavy atom. The van der Waals surface area contributed by atoms with Crippen LogP contribution in [-0.4, -0.2) is 15.1 Å². The Hall–Kier alpha value is -1.61. The van der Waals surface area contributed by atoms with Crippen molar-refractivity contribution in [2.75, 3.05) is 5.33 Å². The van der Waals surface area contributed by atoms with Crippen LogP contribution in [0.1, 0.15) is 22.7 Å². The largest absolute Gasteiger partial charge is 0.268 e. The maximum atomic E-state index is 4.72. The van der Waals surface area contributed by atoms with E-state index in [0.29, 0.717) is 5.92 Å². The van der Waals surface area contributed by atoms with Crippen LogP contribution in [-0.2, 0) is 13.5 Å². The fourth-order valence-corrected chi connectivity index (χ4v) is 3.38. The standard InChI is InChI=1S/C18H19BrN2/c1-13-7-9-14(10-8-13)15(12-19)11-17-16-5-3-4-6-18(16)21(2)20-17/h3-10,15H,11-12H2,1-2H3. The summed E-state index contributed by atoms with van der Waals surface area (Å²) in [5.41, 5.74) is 5.05. The van der Waals surface area contributed by atoms with E-state index in [2.05, 4.69) is 71.4 Å². The molecule has 0 N–H and O–H groups in total. The van der Waals surface area contributed by atoms with Gasteiger partial charge < -0.3 is 0 Å². The number of fused-ring (bicyclic) bond motifs is 1. The summed E-state index contributed by atoms with van der Waals surface area (Å²) in [6.07, 6.45) is 0.954. The minimum atomic E-state index is 0.448. The molecule has 0 aliphatic carbocycles. The van der Waals surface area contributed by atoms with Gasteiger partial charge in [-0.3, -0.25) is 4.68 Å². The van der Waals surface area contributed by atoms with Gasteiger partial charge in [-0.05, 0) is 30.9 Å². The number of rotatable bonds is 4. The van der Waals surface area contributed by atoms with E-state index in [1.807, 2.05) is 11.7 Å². The van der Waals surface area contributed by atoms with Crippen LogP contribution in [0.3, 0.4) is 0 Å². The van der Waals surface area contributed by atoms with Gasteiger partial charge in [0.05, 0.1) is 11.2 Å². The number of hydrogen-bond donors (Lipinski definition) is 0.